The molecule has 1 aromatic rings. The molecule has 0 bridgehead atoms. The zero-order valence-electron chi connectivity index (χ0n) is 13.3. The van der Waals surface area contributed by atoms with Crippen molar-refractivity contribution in [1.29, 1.82) is 0 Å². The van der Waals surface area contributed by atoms with Crippen LogP contribution in [0, 0.1) is 5.92 Å². The van der Waals surface area contributed by atoms with Gasteiger partial charge in [0.05, 0.1) is 6.10 Å². The quantitative estimate of drug-likeness (QED) is 0.861. The number of likely N-dealkylation sites (tertiary alicyclic amines) is 1. The van der Waals surface area contributed by atoms with E-state index in [1.54, 1.807) is 24.0 Å². The lowest BCUT2D eigenvalue weighted by atomic mass is 10.0. The van der Waals surface area contributed by atoms with Gasteiger partial charge in [0.25, 0.3) is 0 Å². The van der Waals surface area contributed by atoms with Crippen LogP contribution >= 0.6 is 0 Å². The Bertz CT molecular complexity index is 546. The summed E-state index contributed by atoms with van der Waals surface area (Å²) in [5.74, 6) is 0.225. The van der Waals surface area contributed by atoms with Crippen LogP contribution in [0.5, 0.6) is 5.75 Å². The number of halogens is 3. The number of hydrogen-bond acceptors (Lipinski definition) is 3. The standard InChI is InChI=1S/C16H21F3N2O3/c1-11(22)13-6-7-21(9-13)15(23)20-8-12-2-4-14(5-3-12)24-10-16(17,18)19/h2-5,11,13,22H,6-10H2,1H3,(H,20,23)/t11-,13-/m0/s1. The molecule has 0 aliphatic carbocycles. The molecule has 1 heterocycles. The Kier molecular flexibility index (Phi) is 5.93. The number of aliphatic hydroxyl groups is 1. The van der Waals surface area contributed by atoms with Gasteiger partial charge in [0.1, 0.15) is 5.75 Å². The van der Waals surface area contributed by atoms with Crippen LogP contribution in [0.25, 0.3) is 0 Å². The minimum Gasteiger partial charge on any atom is -0.484 e. The van der Waals surface area contributed by atoms with Crippen LogP contribution in [0.1, 0.15) is 18.9 Å². The van der Waals surface area contributed by atoms with Crippen molar-refractivity contribution in [2.24, 2.45) is 5.92 Å². The van der Waals surface area contributed by atoms with Gasteiger partial charge >= 0.3 is 12.2 Å². The molecule has 5 nitrogen and oxygen atoms in total. The predicted molar refractivity (Wildman–Crippen MR) is 81.6 cm³/mol. The summed E-state index contributed by atoms with van der Waals surface area (Å²) in [5.41, 5.74) is 0.758. The first kappa shape index (κ1) is 18.4. The van der Waals surface area contributed by atoms with E-state index in [1.165, 1.54) is 12.1 Å². The van der Waals surface area contributed by atoms with Gasteiger partial charge in [0.15, 0.2) is 6.61 Å². The minimum atomic E-state index is -4.37. The molecule has 0 unspecified atom stereocenters. The smallest absolute Gasteiger partial charge is 0.422 e. The average Bonchev–Trinajstić information content (AvgIpc) is 3.01. The van der Waals surface area contributed by atoms with Crippen LogP contribution in [0.2, 0.25) is 0 Å². The van der Waals surface area contributed by atoms with E-state index >= 15 is 0 Å². The van der Waals surface area contributed by atoms with E-state index in [9.17, 15) is 23.1 Å². The summed E-state index contributed by atoms with van der Waals surface area (Å²) < 4.78 is 40.8. The van der Waals surface area contributed by atoms with Gasteiger partial charge in [0, 0.05) is 25.6 Å². The molecule has 134 valence electrons. The van der Waals surface area contributed by atoms with Gasteiger partial charge < -0.3 is 20.1 Å². The van der Waals surface area contributed by atoms with Crippen molar-refractivity contribution in [3.63, 3.8) is 0 Å². The first-order valence-electron chi connectivity index (χ1n) is 7.74. The van der Waals surface area contributed by atoms with E-state index in [0.29, 0.717) is 13.1 Å². The molecular weight excluding hydrogens is 325 g/mol. The lowest BCUT2D eigenvalue weighted by Crippen LogP contribution is -2.38. The maximum absolute atomic E-state index is 12.1. The van der Waals surface area contributed by atoms with Crippen LogP contribution in [-0.2, 0) is 6.54 Å². The number of aliphatic hydroxyl groups excluding tert-OH is 1. The second-order valence-corrected chi connectivity index (χ2v) is 5.94. The molecule has 1 saturated heterocycles. The molecule has 0 radical (unpaired) electrons. The van der Waals surface area contributed by atoms with Crippen LogP contribution in [0.4, 0.5) is 18.0 Å². The molecular formula is C16H21F3N2O3. The minimum absolute atomic E-state index is 0.0980. The zero-order chi connectivity index (χ0) is 17.7. The summed E-state index contributed by atoms with van der Waals surface area (Å²) in [7, 11) is 0. The van der Waals surface area contributed by atoms with Gasteiger partial charge in [-0.15, -0.1) is 0 Å². The summed E-state index contributed by atoms with van der Waals surface area (Å²) in [5, 5.41) is 12.3. The third-order valence-corrected chi connectivity index (χ3v) is 3.96. The number of hydrogen-bond donors (Lipinski definition) is 2. The van der Waals surface area contributed by atoms with Gasteiger partial charge in [-0.05, 0) is 31.0 Å². The fraction of sp³-hybridized carbons (Fsp3) is 0.562. The number of benzene rings is 1. The number of rotatable bonds is 5. The number of alkyl halides is 3. The van der Waals surface area contributed by atoms with Crippen molar-refractivity contribution in [3.05, 3.63) is 29.8 Å². The highest BCUT2D eigenvalue weighted by molar-refractivity contribution is 5.74. The van der Waals surface area contributed by atoms with E-state index in [4.69, 9.17) is 0 Å². The molecule has 0 saturated carbocycles. The number of carbonyl (C=O) groups excluding carboxylic acids is 1. The van der Waals surface area contributed by atoms with Crippen molar-refractivity contribution in [3.8, 4) is 5.75 Å². The third kappa shape index (κ3) is 5.59. The Morgan fingerprint density at radius 1 is 1.42 bits per heavy atom. The molecule has 24 heavy (non-hydrogen) atoms. The van der Waals surface area contributed by atoms with E-state index in [1.807, 2.05) is 0 Å². The van der Waals surface area contributed by atoms with Crippen molar-refractivity contribution >= 4 is 6.03 Å². The Hall–Kier alpha value is -1.96. The van der Waals surface area contributed by atoms with E-state index in [2.05, 4.69) is 10.1 Å². The lowest BCUT2D eigenvalue weighted by Gasteiger charge is -2.18. The zero-order valence-corrected chi connectivity index (χ0v) is 13.3. The van der Waals surface area contributed by atoms with Crippen LogP contribution < -0.4 is 10.1 Å². The number of ether oxygens (including phenoxy) is 1. The first-order chi connectivity index (χ1) is 11.2. The Labute approximate surface area is 138 Å². The molecule has 1 fully saturated rings. The number of nitrogens with zero attached hydrogens (tertiary/aromatic N) is 1. The molecule has 1 aliphatic rings. The van der Waals surface area contributed by atoms with E-state index in [-0.39, 0.29) is 24.2 Å². The van der Waals surface area contributed by atoms with Crippen molar-refractivity contribution in [1.82, 2.24) is 10.2 Å². The normalized spacial score (nSPS) is 19.2. The Balaban J connectivity index is 1.77. The highest BCUT2D eigenvalue weighted by Crippen LogP contribution is 2.20. The topological polar surface area (TPSA) is 61.8 Å². The SMILES string of the molecule is C[C@H](O)[C@H]1CCN(C(=O)NCc2ccc(OCC(F)(F)F)cc2)C1. The largest absolute Gasteiger partial charge is 0.484 e. The van der Waals surface area contributed by atoms with E-state index < -0.39 is 18.9 Å². The van der Waals surface area contributed by atoms with Gasteiger partial charge in [0.2, 0.25) is 0 Å². The van der Waals surface area contributed by atoms with Crippen molar-refractivity contribution in [2.75, 3.05) is 19.7 Å². The third-order valence-electron chi connectivity index (χ3n) is 3.96. The lowest BCUT2D eigenvalue weighted by molar-refractivity contribution is -0.153. The van der Waals surface area contributed by atoms with Crippen LogP contribution in [0.15, 0.2) is 24.3 Å². The maximum atomic E-state index is 12.1. The average molecular weight is 346 g/mol. The molecule has 8 heteroatoms. The molecule has 0 aromatic heterocycles. The summed E-state index contributed by atoms with van der Waals surface area (Å²) in [4.78, 5) is 13.7. The first-order valence-corrected chi connectivity index (χ1v) is 7.74. The highest BCUT2D eigenvalue weighted by Gasteiger charge is 2.29. The van der Waals surface area contributed by atoms with Gasteiger partial charge in [-0.1, -0.05) is 12.1 Å². The number of carbonyl (C=O) groups is 1. The van der Waals surface area contributed by atoms with Crippen molar-refractivity contribution < 1.29 is 27.8 Å². The summed E-state index contributed by atoms with van der Waals surface area (Å²) in [6, 6.07) is 5.87. The second kappa shape index (κ2) is 7.74. The van der Waals surface area contributed by atoms with Crippen LogP contribution in [-0.4, -0.2) is 48.0 Å². The maximum Gasteiger partial charge on any atom is 0.422 e. The second-order valence-electron chi connectivity index (χ2n) is 5.94. The summed E-state index contributed by atoms with van der Waals surface area (Å²) >= 11 is 0. The molecule has 2 rings (SSSR count). The van der Waals surface area contributed by atoms with Gasteiger partial charge in [-0.3, -0.25) is 0 Å². The molecule has 2 atom stereocenters. The molecule has 1 aliphatic heterocycles. The predicted octanol–water partition coefficient (Wildman–Crippen LogP) is 2.54. The Morgan fingerprint density at radius 2 is 2.08 bits per heavy atom. The fourth-order valence-corrected chi connectivity index (χ4v) is 2.52. The molecule has 0 spiro atoms. The number of amides is 2. The highest BCUT2D eigenvalue weighted by atomic mass is 19.4. The molecule has 2 amide bonds. The summed E-state index contributed by atoms with van der Waals surface area (Å²) in [6.45, 7) is 1.78. The Morgan fingerprint density at radius 3 is 2.62 bits per heavy atom. The van der Waals surface area contributed by atoms with Crippen LogP contribution in [0.3, 0.4) is 0 Å². The number of urea groups is 1. The molecule has 1 aromatic carbocycles. The fourth-order valence-electron chi connectivity index (χ4n) is 2.52. The summed E-state index contributed by atoms with van der Waals surface area (Å²) in [6.07, 6.45) is -4.03. The van der Waals surface area contributed by atoms with Gasteiger partial charge in [-0.2, -0.15) is 13.2 Å². The number of nitrogens with one attached hydrogen (secondary N) is 1. The van der Waals surface area contributed by atoms with E-state index in [0.717, 1.165) is 12.0 Å². The van der Waals surface area contributed by atoms with Crippen molar-refractivity contribution in [2.45, 2.75) is 32.2 Å². The monoisotopic (exact) mass is 346 g/mol. The molecule has 2 N–H and O–H groups in total. The van der Waals surface area contributed by atoms with Gasteiger partial charge in [-0.25, -0.2) is 4.79 Å².